The Morgan fingerprint density at radius 3 is 2.78 bits per heavy atom. The zero-order valence-electron chi connectivity index (χ0n) is 10.4. The Balaban J connectivity index is 2.28. The molecule has 0 fully saturated rings. The van der Waals surface area contributed by atoms with Gasteiger partial charge in [0.25, 0.3) is 0 Å². The number of methoxy groups -OCH3 is 1. The Hall–Kier alpha value is -0.130. The fourth-order valence-electron chi connectivity index (χ4n) is 1.51. The second-order valence-corrected chi connectivity index (χ2v) is 5.31. The van der Waals surface area contributed by atoms with Gasteiger partial charge in [-0.15, -0.1) is 0 Å². The van der Waals surface area contributed by atoms with E-state index in [1.165, 1.54) is 0 Å². The molecule has 1 N–H and O–H groups in total. The van der Waals surface area contributed by atoms with Gasteiger partial charge >= 0.3 is 0 Å². The molecule has 0 aliphatic heterocycles. The van der Waals surface area contributed by atoms with Crippen molar-refractivity contribution >= 4 is 27.5 Å². The van der Waals surface area contributed by atoms with Crippen molar-refractivity contribution in [3.8, 4) is 0 Å². The van der Waals surface area contributed by atoms with Crippen molar-refractivity contribution in [2.45, 2.75) is 18.9 Å². The molecule has 0 bridgehead atoms. The third kappa shape index (κ3) is 6.16. The Morgan fingerprint density at radius 1 is 1.33 bits per heavy atom. The van der Waals surface area contributed by atoms with Crippen molar-refractivity contribution in [1.82, 2.24) is 0 Å². The lowest BCUT2D eigenvalue weighted by Gasteiger charge is -2.12. The number of ether oxygens (including phenoxy) is 2. The van der Waals surface area contributed by atoms with Gasteiger partial charge in [0, 0.05) is 23.2 Å². The van der Waals surface area contributed by atoms with Crippen molar-refractivity contribution < 1.29 is 14.6 Å². The van der Waals surface area contributed by atoms with Crippen LogP contribution in [0.3, 0.4) is 0 Å². The molecule has 1 atom stereocenters. The molecule has 1 unspecified atom stereocenters. The molecule has 0 radical (unpaired) electrons. The molecule has 1 aromatic carbocycles. The number of aliphatic hydroxyl groups excluding tert-OH is 1. The number of benzene rings is 1. The van der Waals surface area contributed by atoms with E-state index >= 15 is 0 Å². The quantitative estimate of drug-likeness (QED) is 0.741. The number of rotatable bonds is 8. The maximum Gasteiger partial charge on any atom is 0.0700 e. The second kappa shape index (κ2) is 8.88. The molecule has 3 nitrogen and oxygen atoms in total. The van der Waals surface area contributed by atoms with Crippen LogP contribution in [0.15, 0.2) is 22.7 Å². The van der Waals surface area contributed by atoms with Gasteiger partial charge in [-0.25, -0.2) is 0 Å². The third-order valence-electron chi connectivity index (χ3n) is 2.50. The molecule has 0 saturated heterocycles. The largest absolute Gasteiger partial charge is 0.393 e. The van der Waals surface area contributed by atoms with Crippen molar-refractivity contribution in [2.75, 3.05) is 26.9 Å². The van der Waals surface area contributed by atoms with Gasteiger partial charge in [-0.3, -0.25) is 0 Å². The Kier molecular flexibility index (Phi) is 7.86. The highest BCUT2D eigenvalue weighted by Crippen LogP contribution is 2.22. The number of halogens is 2. The lowest BCUT2D eigenvalue weighted by Crippen LogP contribution is -2.15. The first kappa shape index (κ1) is 15.9. The summed E-state index contributed by atoms with van der Waals surface area (Å²) in [5, 5.41) is 10.5. The van der Waals surface area contributed by atoms with Crippen LogP contribution in [-0.4, -0.2) is 38.1 Å². The average molecular weight is 338 g/mol. The molecule has 0 saturated carbocycles. The summed E-state index contributed by atoms with van der Waals surface area (Å²) in [6, 6.07) is 5.67. The maximum atomic E-state index is 9.87. The summed E-state index contributed by atoms with van der Waals surface area (Å²) >= 11 is 9.44. The van der Waals surface area contributed by atoms with Gasteiger partial charge in [0.2, 0.25) is 0 Å². The van der Waals surface area contributed by atoms with E-state index in [0.717, 1.165) is 10.0 Å². The second-order valence-electron chi connectivity index (χ2n) is 3.99. The van der Waals surface area contributed by atoms with Crippen LogP contribution in [0, 0.1) is 0 Å². The van der Waals surface area contributed by atoms with Crippen LogP contribution in [0.1, 0.15) is 12.0 Å². The monoisotopic (exact) mass is 336 g/mol. The molecule has 0 aromatic heterocycles. The topological polar surface area (TPSA) is 38.7 Å². The molecule has 0 aliphatic rings. The van der Waals surface area contributed by atoms with Crippen LogP contribution < -0.4 is 0 Å². The molecule has 0 amide bonds. The Labute approximate surface area is 121 Å². The standard InChI is InChI=1S/C13H18BrClO3/c1-17-6-7-18-5-4-12(16)8-10-2-3-11(14)9-13(10)15/h2-3,9,12,16H,4-8H2,1H3. The lowest BCUT2D eigenvalue weighted by molar-refractivity contribution is 0.0479. The van der Waals surface area contributed by atoms with Gasteiger partial charge in [0.05, 0.1) is 19.3 Å². The van der Waals surface area contributed by atoms with E-state index < -0.39 is 6.10 Å². The molecule has 0 aliphatic carbocycles. The summed E-state index contributed by atoms with van der Waals surface area (Å²) in [6.45, 7) is 1.66. The smallest absolute Gasteiger partial charge is 0.0700 e. The van der Waals surface area contributed by atoms with Crippen molar-refractivity contribution in [3.63, 3.8) is 0 Å². The fourth-order valence-corrected chi connectivity index (χ4v) is 2.26. The predicted molar refractivity (Wildman–Crippen MR) is 76.2 cm³/mol. The van der Waals surface area contributed by atoms with E-state index in [1.54, 1.807) is 7.11 Å². The van der Waals surface area contributed by atoms with Crippen LogP contribution in [0.5, 0.6) is 0 Å². The summed E-state index contributed by atoms with van der Waals surface area (Å²) in [4.78, 5) is 0. The number of hydrogen-bond acceptors (Lipinski definition) is 3. The Bertz CT molecular complexity index is 360. The van der Waals surface area contributed by atoms with Gasteiger partial charge < -0.3 is 14.6 Å². The van der Waals surface area contributed by atoms with Crippen LogP contribution >= 0.6 is 27.5 Å². The summed E-state index contributed by atoms with van der Waals surface area (Å²) in [5.41, 5.74) is 0.948. The molecule has 18 heavy (non-hydrogen) atoms. The first-order chi connectivity index (χ1) is 8.63. The van der Waals surface area contributed by atoms with Crippen molar-refractivity contribution in [2.24, 2.45) is 0 Å². The van der Waals surface area contributed by atoms with E-state index in [0.29, 0.717) is 37.7 Å². The summed E-state index contributed by atoms with van der Waals surface area (Å²) < 4.78 is 11.1. The van der Waals surface area contributed by atoms with Gasteiger partial charge in [0.15, 0.2) is 0 Å². The summed E-state index contributed by atoms with van der Waals surface area (Å²) in [6.07, 6.45) is 0.696. The van der Waals surface area contributed by atoms with Crippen LogP contribution in [0.25, 0.3) is 0 Å². The molecule has 0 spiro atoms. The maximum absolute atomic E-state index is 9.87. The van der Waals surface area contributed by atoms with E-state index in [9.17, 15) is 5.11 Å². The molecule has 1 rings (SSSR count). The molecular formula is C13H18BrClO3. The molecular weight excluding hydrogens is 319 g/mol. The highest BCUT2D eigenvalue weighted by atomic mass is 79.9. The van der Waals surface area contributed by atoms with Crippen LogP contribution in [0.2, 0.25) is 5.02 Å². The molecule has 0 heterocycles. The highest BCUT2D eigenvalue weighted by molar-refractivity contribution is 9.10. The summed E-state index contributed by atoms with van der Waals surface area (Å²) in [7, 11) is 1.63. The average Bonchev–Trinajstić information content (AvgIpc) is 2.32. The number of aliphatic hydroxyl groups is 1. The van der Waals surface area contributed by atoms with E-state index in [4.69, 9.17) is 21.1 Å². The van der Waals surface area contributed by atoms with Crippen LogP contribution in [0.4, 0.5) is 0 Å². The third-order valence-corrected chi connectivity index (χ3v) is 3.34. The van der Waals surface area contributed by atoms with Gasteiger partial charge in [-0.1, -0.05) is 33.6 Å². The zero-order chi connectivity index (χ0) is 13.4. The first-order valence-corrected chi connectivity index (χ1v) is 6.99. The minimum atomic E-state index is -0.439. The van der Waals surface area contributed by atoms with Gasteiger partial charge in [-0.05, 0) is 30.5 Å². The van der Waals surface area contributed by atoms with E-state index in [1.807, 2.05) is 18.2 Å². The molecule has 102 valence electrons. The van der Waals surface area contributed by atoms with E-state index in [-0.39, 0.29) is 0 Å². The fraction of sp³-hybridized carbons (Fsp3) is 0.538. The summed E-state index contributed by atoms with van der Waals surface area (Å²) in [5.74, 6) is 0. The minimum absolute atomic E-state index is 0.439. The lowest BCUT2D eigenvalue weighted by atomic mass is 10.1. The van der Waals surface area contributed by atoms with E-state index in [2.05, 4.69) is 15.9 Å². The number of hydrogen-bond donors (Lipinski definition) is 1. The van der Waals surface area contributed by atoms with Crippen molar-refractivity contribution in [1.29, 1.82) is 0 Å². The van der Waals surface area contributed by atoms with Crippen LogP contribution in [-0.2, 0) is 15.9 Å². The first-order valence-electron chi connectivity index (χ1n) is 5.82. The predicted octanol–water partition coefficient (Wildman–Crippen LogP) is 3.06. The van der Waals surface area contributed by atoms with Crippen molar-refractivity contribution in [3.05, 3.63) is 33.3 Å². The Morgan fingerprint density at radius 2 is 2.11 bits per heavy atom. The molecule has 5 heteroatoms. The normalized spacial score (nSPS) is 12.7. The van der Waals surface area contributed by atoms with Gasteiger partial charge in [-0.2, -0.15) is 0 Å². The zero-order valence-corrected chi connectivity index (χ0v) is 12.7. The minimum Gasteiger partial charge on any atom is -0.393 e. The molecule has 1 aromatic rings. The SMILES string of the molecule is COCCOCCC(O)Cc1ccc(Br)cc1Cl. The highest BCUT2D eigenvalue weighted by Gasteiger charge is 2.08. The van der Waals surface area contributed by atoms with Gasteiger partial charge in [0.1, 0.15) is 0 Å².